The summed E-state index contributed by atoms with van der Waals surface area (Å²) in [5, 5.41) is 6.14. The smallest absolute Gasteiger partial charge is 0.321 e. The van der Waals surface area contributed by atoms with Crippen molar-refractivity contribution in [3.63, 3.8) is 0 Å². The third-order valence-electron chi connectivity index (χ3n) is 3.54. The van der Waals surface area contributed by atoms with Gasteiger partial charge in [0.15, 0.2) is 5.13 Å². The number of nitrogens with one attached hydrogen (secondary N) is 2. The molecule has 0 bridgehead atoms. The number of hydrogen-bond donors (Lipinski definition) is 2. The number of pyridine rings is 1. The number of hydrogen-bond acceptors (Lipinski definition) is 5. The topological polar surface area (TPSA) is 76.1 Å². The number of urea groups is 1. The molecule has 6 nitrogen and oxygen atoms in total. The van der Waals surface area contributed by atoms with E-state index in [0.29, 0.717) is 18.3 Å². The number of aryl methyl sites for hydroxylation is 1. The highest BCUT2D eigenvalue weighted by Gasteiger charge is 2.20. The normalized spacial score (nSPS) is 13.8. The Morgan fingerprint density at radius 3 is 2.91 bits per heavy atom. The molecule has 0 atom stereocenters. The van der Waals surface area contributed by atoms with Crippen LogP contribution in [0.5, 0.6) is 0 Å². The van der Waals surface area contributed by atoms with E-state index in [4.69, 9.17) is 4.74 Å². The Kier molecular flexibility index (Phi) is 5.19. The molecule has 1 saturated carbocycles. The van der Waals surface area contributed by atoms with Gasteiger partial charge in [0.05, 0.1) is 17.2 Å². The fourth-order valence-electron chi connectivity index (χ4n) is 2.13. The number of carbonyl (C=O) groups excluding carboxylic acids is 1. The zero-order valence-corrected chi connectivity index (χ0v) is 13.9. The first-order chi connectivity index (χ1) is 11.2. The highest BCUT2D eigenvalue weighted by Crippen LogP contribution is 2.32. The largest absolute Gasteiger partial charge is 0.379 e. The molecule has 0 saturated heterocycles. The van der Waals surface area contributed by atoms with Crippen LogP contribution in [0.15, 0.2) is 24.5 Å². The van der Waals surface area contributed by atoms with Crippen LogP contribution in [0, 0.1) is 12.8 Å². The molecule has 3 rings (SSSR count). The molecule has 1 aliphatic rings. The summed E-state index contributed by atoms with van der Waals surface area (Å²) < 4.78 is 5.48. The lowest BCUT2D eigenvalue weighted by Crippen LogP contribution is -2.31. The van der Waals surface area contributed by atoms with Gasteiger partial charge >= 0.3 is 6.03 Å². The summed E-state index contributed by atoms with van der Waals surface area (Å²) >= 11 is 1.45. The number of thiazole rings is 1. The standard InChI is InChI=1S/C16H20N4O2S/c1-11-14(13-4-6-17-7-5-13)23-16(19-11)20-15(21)18-8-9-22-10-12-2-3-12/h4-7,12H,2-3,8-10H2,1H3,(H2,18,19,20,21). The van der Waals surface area contributed by atoms with Gasteiger partial charge < -0.3 is 10.1 Å². The van der Waals surface area contributed by atoms with Crippen LogP contribution >= 0.6 is 11.3 Å². The first-order valence-corrected chi connectivity index (χ1v) is 8.54. The second-order valence-electron chi connectivity index (χ2n) is 5.57. The molecule has 2 aromatic heterocycles. The van der Waals surface area contributed by atoms with E-state index < -0.39 is 0 Å². The Balaban J connectivity index is 1.46. The van der Waals surface area contributed by atoms with Crippen LogP contribution in [0.25, 0.3) is 10.4 Å². The number of carbonyl (C=O) groups is 1. The fourth-order valence-corrected chi connectivity index (χ4v) is 3.10. The van der Waals surface area contributed by atoms with Crippen LogP contribution in [0.2, 0.25) is 0 Å². The minimum Gasteiger partial charge on any atom is -0.379 e. The number of nitrogens with zero attached hydrogens (tertiary/aromatic N) is 2. The van der Waals surface area contributed by atoms with Gasteiger partial charge in [0, 0.05) is 25.5 Å². The zero-order chi connectivity index (χ0) is 16.1. The number of amides is 2. The van der Waals surface area contributed by atoms with E-state index in [9.17, 15) is 4.79 Å². The van der Waals surface area contributed by atoms with Crippen molar-refractivity contribution in [1.82, 2.24) is 15.3 Å². The van der Waals surface area contributed by atoms with E-state index >= 15 is 0 Å². The maximum absolute atomic E-state index is 11.9. The molecule has 7 heteroatoms. The Labute approximate surface area is 139 Å². The van der Waals surface area contributed by atoms with Gasteiger partial charge in [-0.05, 0) is 43.4 Å². The van der Waals surface area contributed by atoms with E-state index in [-0.39, 0.29) is 6.03 Å². The summed E-state index contributed by atoms with van der Waals surface area (Å²) in [6.07, 6.45) is 6.04. The van der Waals surface area contributed by atoms with Gasteiger partial charge in [-0.3, -0.25) is 10.3 Å². The SMILES string of the molecule is Cc1nc(NC(=O)NCCOCC2CC2)sc1-c1ccncc1. The lowest BCUT2D eigenvalue weighted by atomic mass is 10.2. The molecule has 0 aliphatic heterocycles. The van der Waals surface area contributed by atoms with E-state index in [1.54, 1.807) is 12.4 Å². The van der Waals surface area contributed by atoms with Crippen LogP contribution in [0.1, 0.15) is 18.5 Å². The Hall–Kier alpha value is -1.99. The second-order valence-corrected chi connectivity index (χ2v) is 6.57. The van der Waals surface area contributed by atoms with Crippen LogP contribution in [-0.2, 0) is 4.74 Å². The van der Waals surface area contributed by atoms with Gasteiger partial charge in [-0.2, -0.15) is 0 Å². The van der Waals surface area contributed by atoms with Gasteiger partial charge in [-0.1, -0.05) is 11.3 Å². The summed E-state index contributed by atoms with van der Waals surface area (Å²) in [6, 6.07) is 3.61. The molecule has 23 heavy (non-hydrogen) atoms. The van der Waals surface area contributed by atoms with Crippen molar-refractivity contribution in [2.75, 3.05) is 25.1 Å². The average molecular weight is 332 g/mol. The highest BCUT2D eigenvalue weighted by molar-refractivity contribution is 7.19. The Morgan fingerprint density at radius 1 is 1.39 bits per heavy atom. The lowest BCUT2D eigenvalue weighted by molar-refractivity contribution is 0.127. The minimum atomic E-state index is -0.255. The first kappa shape index (κ1) is 15.9. The van der Waals surface area contributed by atoms with E-state index in [2.05, 4.69) is 20.6 Å². The van der Waals surface area contributed by atoms with Crippen molar-refractivity contribution in [3.05, 3.63) is 30.2 Å². The third kappa shape index (κ3) is 4.74. The van der Waals surface area contributed by atoms with Gasteiger partial charge in [0.25, 0.3) is 0 Å². The molecular formula is C16H20N4O2S. The minimum absolute atomic E-state index is 0.255. The quantitative estimate of drug-likeness (QED) is 0.764. The first-order valence-electron chi connectivity index (χ1n) is 7.73. The zero-order valence-electron chi connectivity index (χ0n) is 13.0. The average Bonchev–Trinajstić information content (AvgIpc) is 3.30. The van der Waals surface area contributed by atoms with Crippen molar-refractivity contribution >= 4 is 22.5 Å². The summed E-state index contributed by atoms with van der Waals surface area (Å²) in [5.74, 6) is 0.744. The van der Waals surface area contributed by atoms with E-state index in [1.165, 1.54) is 24.2 Å². The summed E-state index contributed by atoms with van der Waals surface area (Å²) in [6.45, 7) is 3.79. The van der Waals surface area contributed by atoms with Crippen molar-refractivity contribution in [1.29, 1.82) is 0 Å². The number of rotatable bonds is 7. The van der Waals surface area contributed by atoms with Crippen LogP contribution in [0.4, 0.5) is 9.93 Å². The molecule has 2 aromatic rings. The van der Waals surface area contributed by atoms with Crippen LogP contribution in [-0.4, -0.2) is 35.8 Å². The molecule has 2 N–H and O–H groups in total. The van der Waals surface area contributed by atoms with Gasteiger partial charge in [0.2, 0.25) is 0 Å². The van der Waals surface area contributed by atoms with E-state index in [0.717, 1.165) is 28.7 Å². The molecule has 2 heterocycles. The predicted molar refractivity (Wildman–Crippen MR) is 90.6 cm³/mol. The van der Waals surface area contributed by atoms with Crippen molar-refractivity contribution in [3.8, 4) is 10.4 Å². The number of aromatic nitrogens is 2. The van der Waals surface area contributed by atoms with Crippen LogP contribution in [0.3, 0.4) is 0 Å². The monoisotopic (exact) mass is 332 g/mol. The second kappa shape index (κ2) is 7.52. The number of anilines is 1. The van der Waals surface area contributed by atoms with Gasteiger partial charge in [-0.15, -0.1) is 0 Å². The molecule has 0 spiro atoms. The van der Waals surface area contributed by atoms with E-state index in [1.807, 2.05) is 19.1 Å². The molecule has 0 radical (unpaired) electrons. The molecule has 2 amide bonds. The van der Waals surface area contributed by atoms with Crippen molar-refractivity contribution < 1.29 is 9.53 Å². The summed E-state index contributed by atoms with van der Waals surface area (Å²) in [7, 11) is 0. The lowest BCUT2D eigenvalue weighted by Gasteiger charge is -2.06. The summed E-state index contributed by atoms with van der Waals surface area (Å²) in [5.41, 5.74) is 1.95. The molecule has 1 fully saturated rings. The van der Waals surface area contributed by atoms with Crippen LogP contribution < -0.4 is 10.6 Å². The molecule has 0 aromatic carbocycles. The Bertz CT molecular complexity index is 655. The summed E-state index contributed by atoms with van der Waals surface area (Å²) in [4.78, 5) is 21.3. The molecule has 122 valence electrons. The molecular weight excluding hydrogens is 312 g/mol. The molecule has 1 aliphatic carbocycles. The van der Waals surface area contributed by atoms with Crippen molar-refractivity contribution in [2.24, 2.45) is 5.92 Å². The van der Waals surface area contributed by atoms with Gasteiger partial charge in [0.1, 0.15) is 0 Å². The highest BCUT2D eigenvalue weighted by atomic mass is 32.1. The van der Waals surface area contributed by atoms with Crippen molar-refractivity contribution in [2.45, 2.75) is 19.8 Å². The molecule has 0 unspecified atom stereocenters. The maximum atomic E-state index is 11.9. The number of ether oxygens (including phenoxy) is 1. The fraction of sp³-hybridized carbons (Fsp3) is 0.438. The Morgan fingerprint density at radius 2 is 2.17 bits per heavy atom. The third-order valence-corrected chi connectivity index (χ3v) is 4.66. The van der Waals surface area contributed by atoms with Gasteiger partial charge in [-0.25, -0.2) is 9.78 Å². The predicted octanol–water partition coefficient (Wildman–Crippen LogP) is 3.06. The maximum Gasteiger partial charge on any atom is 0.321 e.